The molecular weight excluding hydrogens is 84.1 g/mol. The Kier molecular flexibility index (Phi) is 0.697. The largest absolute Gasteiger partial charge is 0.0528 e. The Balaban J connectivity index is 2.03. The number of hydrogen-bond donors (Lipinski definition) is 0. The van der Waals surface area contributed by atoms with Gasteiger partial charge in [-0.1, -0.05) is 19.3 Å². The summed E-state index contributed by atoms with van der Waals surface area (Å²) in [5.41, 5.74) is 0. The molecule has 0 spiro atoms. The van der Waals surface area contributed by atoms with Crippen LogP contribution in [0.2, 0.25) is 0 Å². The van der Waals surface area contributed by atoms with E-state index in [4.69, 9.17) is 0 Å². The highest BCUT2D eigenvalue weighted by Crippen LogP contribution is 2.46. The summed E-state index contributed by atoms with van der Waals surface area (Å²) in [5, 5.41) is 0. The van der Waals surface area contributed by atoms with Crippen LogP contribution in [0.3, 0.4) is 0 Å². The fourth-order valence-electron chi connectivity index (χ4n) is 2.04. The Morgan fingerprint density at radius 3 is 1.57 bits per heavy atom. The smallest absolute Gasteiger partial charge is 0.0386 e. The average Bonchev–Trinajstić information content (AvgIpc) is 1.85. The molecule has 0 aliphatic heterocycles. The zero-order chi connectivity index (χ0) is 4.69. The number of hydrogen-bond acceptors (Lipinski definition) is 0. The molecule has 0 heterocycles. The van der Waals surface area contributed by atoms with Gasteiger partial charge in [0.25, 0.3) is 0 Å². The van der Waals surface area contributed by atoms with Gasteiger partial charge in [-0.2, -0.15) is 0 Å². The van der Waals surface area contributed by atoms with Crippen molar-refractivity contribution in [3.63, 3.8) is 0 Å². The third kappa shape index (κ3) is 0.427. The molecule has 0 saturated heterocycles. The Bertz CT molecular complexity index is 66.1. The highest BCUT2D eigenvalue weighted by molar-refractivity contribution is 4.85. The summed E-state index contributed by atoms with van der Waals surface area (Å²) in [4.78, 5) is 0. The molecular formula is C7H12. The fourth-order valence-corrected chi connectivity index (χ4v) is 2.04. The monoisotopic (exact) mass is 96.1 g/mol. The molecule has 0 bridgehead atoms. The summed E-state index contributed by atoms with van der Waals surface area (Å²) in [6, 6.07) is 0. The summed E-state index contributed by atoms with van der Waals surface area (Å²) >= 11 is 0. The van der Waals surface area contributed by atoms with Crippen molar-refractivity contribution < 1.29 is 0 Å². The molecule has 0 unspecified atom stereocenters. The zero-order valence-electron chi connectivity index (χ0n) is 4.69. The van der Waals surface area contributed by atoms with Crippen LogP contribution in [-0.4, -0.2) is 0 Å². The van der Waals surface area contributed by atoms with Gasteiger partial charge in [0.15, 0.2) is 0 Å². The average molecular weight is 96.2 g/mol. The van der Waals surface area contributed by atoms with Crippen LogP contribution < -0.4 is 0 Å². The molecule has 40 valence electrons. The van der Waals surface area contributed by atoms with Crippen LogP contribution in [0.1, 0.15) is 32.1 Å². The highest BCUT2D eigenvalue weighted by Gasteiger charge is 2.34. The van der Waals surface area contributed by atoms with Gasteiger partial charge < -0.3 is 0 Å². The van der Waals surface area contributed by atoms with Crippen molar-refractivity contribution in [2.75, 3.05) is 0 Å². The Morgan fingerprint density at radius 1 is 0.714 bits per heavy atom. The normalized spacial score (nSPS) is 48.0. The summed E-state index contributed by atoms with van der Waals surface area (Å²) in [6.45, 7) is 0. The summed E-state index contributed by atoms with van der Waals surface area (Å²) < 4.78 is 0. The van der Waals surface area contributed by atoms with Gasteiger partial charge in [-0.25, -0.2) is 0 Å². The van der Waals surface area contributed by atoms with Gasteiger partial charge in [0.1, 0.15) is 0 Å². The third-order valence-electron chi connectivity index (χ3n) is 2.72. The van der Waals surface area contributed by atoms with E-state index in [0.29, 0.717) is 0 Å². The van der Waals surface area contributed by atoms with Gasteiger partial charge in [-0.05, 0) is 24.7 Å². The lowest BCUT2D eigenvalue weighted by Gasteiger charge is -2.29. The van der Waals surface area contributed by atoms with Gasteiger partial charge in [0.2, 0.25) is 0 Å². The van der Waals surface area contributed by atoms with E-state index in [1.54, 1.807) is 25.7 Å². The molecule has 0 N–H and O–H groups in total. The van der Waals surface area contributed by atoms with E-state index in [9.17, 15) is 0 Å². The Morgan fingerprint density at radius 2 is 1.29 bits per heavy atom. The van der Waals surface area contributed by atoms with Crippen LogP contribution >= 0.6 is 0 Å². The quantitative estimate of drug-likeness (QED) is 0.433. The lowest BCUT2D eigenvalue weighted by molar-refractivity contribution is 0.219. The minimum atomic E-state index is 1.19. The maximum absolute atomic E-state index is 1.56. The lowest BCUT2D eigenvalue weighted by atomic mass is 9.77. The Hall–Kier alpha value is 0. The van der Waals surface area contributed by atoms with Gasteiger partial charge in [-0.3, -0.25) is 0 Å². The van der Waals surface area contributed by atoms with E-state index >= 15 is 0 Å². The second-order valence-electron chi connectivity index (χ2n) is 3.03. The predicted octanol–water partition coefficient (Wildman–Crippen LogP) is 2.20. The van der Waals surface area contributed by atoms with E-state index in [0.717, 1.165) is 0 Å². The van der Waals surface area contributed by atoms with Gasteiger partial charge >= 0.3 is 0 Å². The van der Waals surface area contributed by atoms with Crippen molar-refractivity contribution in [1.29, 1.82) is 0 Å². The van der Waals surface area contributed by atoms with Crippen molar-refractivity contribution in [2.24, 2.45) is 11.8 Å². The topological polar surface area (TPSA) is 0 Å². The second-order valence-corrected chi connectivity index (χ2v) is 3.03. The molecule has 0 aromatic heterocycles. The Labute approximate surface area is 44.9 Å². The molecule has 0 radical (unpaired) electrons. The molecule has 0 heteroatoms. The SMILES string of the molecule is C1C[C@H]2CC[C@@H]2C1. The van der Waals surface area contributed by atoms with Crippen LogP contribution in [-0.2, 0) is 0 Å². The molecule has 0 aromatic carbocycles. The van der Waals surface area contributed by atoms with Crippen molar-refractivity contribution >= 4 is 0 Å². The molecule has 0 amide bonds. The fraction of sp³-hybridized carbons (Fsp3) is 1.00. The molecule has 0 nitrogen and oxygen atoms in total. The summed E-state index contributed by atoms with van der Waals surface area (Å²) in [6.07, 6.45) is 7.78. The lowest BCUT2D eigenvalue weighted by Crippen LogP contribution is -2.18. The first kappa shape index (κ1) is 3.94. The maximum Gasteiger partial charge on any atom is -0.0386 e. The molecule has 2 aliphatic rings. The number of rotatable bonds is 0. The van der Waals surface area contributed by atoms with Gasteiger partial charge in [0, 0.05) is 0 Å². The van der Waals surface area contributed by atoms with E-state index in [1.165, 1.54) is 18.3 Å². The van der Waals surface area contributed by atoms with Crippen molar-refractivity contribution in [1.82, 2.24) is 0 Å². The molecule has 2 fully saturated rings. The van der Waals surface area contributed by atoms with Crippen LogP contribution in [0.4, 0.5) is 0 Å². The van der Waals surface area contributed by atoms with Gasteiger partial charge in [0.05, 0.1) is 0 Å². The minimum Gasteiger partial charge on any atom is -0.0528 e. The van der Waals surface area contributed by atoms with E-state index < -0.39 is 0 Å². The van der Waals surface area contributed by atoms with Gasteiger partial charge in [-0.15, -0.1) is 0 Å². The maximum atomic E-state index is 1.56. The third-order valence-corrected chi connectivity index (χ3v) is 2.72. The molecule has 2 rings (SSSR count). The van der Waals surface area contributed by atoms with E-state index in [1.807, 2.05) is 0 Å². The van der Waals surface area contributed by atoms with E-state index in [2.05, 4.69) is 0 Å². The minimum absolute atomic E-state index is 1.19. The predicted molar refractivity (Wildman–Crippen MR) is 30.1 cm³/mol. The molecule has 0 aromatic rings. The molecule has 2 aliphatic carbocycles. The van der Waals surface area contributed by atoms with Crippen LogP contribution in [0, 0.1) is 11.8 Å². The first-order chi connectivity index (χ1) is 3.47. The first-order valence-corrected chi connectivity index (χ1v) is 3.47. The van der Waals surface area contributed by atoms with Crippen molar-refractivity contribution in [3.05, 3.63) is 0 Å². The molecule has 7 heavy (non-hydrogen) atoms. The van der Waals surface area contributed by atoms with Crippen molar-refractivity contribution in [3.8, 4) is 0 Å². The van der Waals surface area contributed by atoms with Crippen LogP contribution in [0.15, 0.2) is 0 Å². The first-order valence-electron chi connectivity index (χ1n) is 3.47. The molecule has 2 atom stereocenters. The van der Waals surface area contributed by atoms with E-state index in [-0.39, 0.29) is 0 Å². The zero-order valence-corrected chi connectivity index (χ0v) is 4.69. The highest BCUT2D eigenvalue weighted by atomic mass is 14.4. The standard InChI is InChI=1S/C7H12/c1-2-6-4-5-7(6)3-1/h6-7H,1-5H2/t6-,7-/m0/s1. The van der Waals surface area contributed by atoms with Crippen molar-refractivity contribution in [2.45, 2.75) is 32.1 Å². The molecule has 2 saturated carbocycles. The number of fused-ring (bicyclic) bond motifs is 1. The van der Waals surface area contributed by atoms with Crippen LogP contribution in [0.25, 0.3) is 0 Å². The van der Waals surface area contributed by atoms with Crippen LogP contribution in [0.5, 0.6) is 0 Å². The summed E-state index contributed by atoms with van der Waals surface area (Å²) in [7, 11) is 0. The summed E-state index contributed by atoms with van der Waals surface area (Å²) in [5.74, 6) is 2.39. The second kappa shape index (κ2) is 1.24.